The molecule has 0 atom stereocenters. The van der Waals surface area contributed by atoms with Crippen LogP contribution in [0.15, 0.2) is 71.6 Å². The fraction of sp³-hybridized carbons (Fsp3) is 0.182. The third-order valence-corrected chi connectivity index (χ3v) is 5.93. The number of benzene rings is 3. The Morgan fingerprint density at radius 3 is 2.27 bits per heavy atom. The van der Waals surface area contributed by atoms with Crippen molar-refractivity contribution < 1.29 is 27.0 Å². The molecule has 6 nitrogen and oxygen atoms in total. The van der Waals surface area contributed by atoms with Crippen LogP contribution in [0.1, 0.15) is 11.1 Å². The van der Waals surface area contributed by atoms with Crippen LogP contribution in [0.25, 0.3) is 0 Å². The molecule has 1 heterocycles. The molecule has 0 aromatic heterocycles. The molecule has 0 bridgehead atoms. The van der Waals surface area contributed by atoms with Crippen molar-refractivity contribution in [3.8, 4) is 17.2 Å². The van der Waals surface area contributed by atoms with Crippen LogP contribution in [0, 0.1) is 5.82 Å². The molecule has 3 aromatic carbocycles. The maximum atomic E-state index is 12.9. The molecule has 0 aliphatic carbocycles. The van der Waals surface area contributed by atoms with Crippen molar-refractivity contribution >= 4 is 10.0 Å². The minimum absolute atomic E-state index is 0.117. The lowest BCUT2D eigenvalue weighted by Crippen LogP contribution is -2.23. The lowest BCUT2D eigenvalue weighted by molar-refractivity contribution is 0.171. The zero-order valence-corrected chi connectivity index (χ0v) is 16.8. The van der Waals surface area contributed by atoms with E-state index >= 15 is 0 Å². The van der Waals surface area contributed by atoms with Gasteiger partial charge < -0.3 is 14.2 Å². The number of halogens is 1. The van der Waals surface area contributed by atoms with Gasteiger partial charge in [-0.15, -0.1) is 0 Å². The molecule has 156 valence electrons. The molecule has 0 fully saturated rings. The van der Waals surface area contributed by atoms with Gasteiger partial charge in [0.1, 0.15) is 31.4 Å². The summed E-state index contributed by atoms with van der Waals surface area (Å²) in [6.45, 7) is 1.28. The van der Waals surface area contributed by atoms with Crippen molar-refractivity contribution in [1.82, 2.24) is 4.72 Å². The second-order valence-corrected chi connectivity index (χ2v) is 8.46. The second kappa shape index (κ2) is 8.73. The molecule has 0 unspecified atom stereocenters. The highest BCUT2D eigenvalue weighted by atomic mass is 32.2. The number of fused-ring (bicyclic) bond motifs is 1. The van der Waals surface area contributed by atoms with Crippen molar-refractivity contribution in [2.24, 2.45) is 0 Å². The highest BCUT2D eigenvalue weighted by Crippen LogP contribution is 2.32. The van der Waals surface area contributed by atoms with Crippen LogP contribution in [-0.2, 0) is 23.2 Å². The Morgan fingerprint density at radius 1 is 0.867 bits per heavy atom. The second-order valence-electron chi connectivity index (χ2n) is 6.69. The summed E-state index contributed by atoms with van der Waals surface area (Å²) in [6.07, 6.45) is 0. The molecule has 3 aromatic rings. The topological polar surface area (TPSA) is 73.9 Å². The molecule has 0 saturated carbocycles. The lowest BCUT2D eigenvalue weighted by Gasteiger charge is -2.19. The lowest BCUT2D eigenvalue weighted by atomic mass is 10.2. The normalized spacial score (nSPS) is 13.1. The van der Waals surface area contributed by atoms with Gasteiger partial charge in [-0.2, -0.15) is 0 Å². The average Bonchev–Trinajstić information content (AvgIpc) is 2.78. The van der Waals surface area contributed by atoms with Crippen molar-refractivity contribution in [2.45, 2.75) is 18.0 Å². The first-order chi connectivity index (χ1) is 14.5. The van der Waals surface area contributed by atoms with Gasteiger partial charge in [0.05, 0.1) is 4.90 Å². The van der Waals surface area contributed by atoms with Crippen molar-refractivity contribution in [1.29, 1.82) is 0 Å². The molecule has 1 aliphatic rings. The number of rotatable bonds is 7. The summed E-state index contributed by atoms with van der Waals surface area (Å²) in [5, 5.41) is 0. The predicted molar refractivity (Wildman–Crippen MR) is 109 cm³/mol. The van der Waals surface area contributed by atoms with Gasteiger partial charge in [0.25, 0.3) is 0 Å². The van der Waals surface area contributed by atoms with E-state index in [1.165, 1.54) is 24.3 Å². The van der Waals surface area contributed by atoms with Crippen LogP contribution in [-0.4, -0.2) is 21.6 Å². The van der Waals surface area contributed by atoms with E-state index in [9.17, 15) is 12.8 Å². The predicted octanol–water partition coefficient (Wildman–Crippen LogP) is 3.65. The molecule has 1 N–H and O–H groups in total. The van der Waals surface area contributed by atoms with Crippen LogP contribution in [0.4, 0.5) is 4.39 Å². The van der Waals surface area contributed by atoms with Crippen LogP contribution in [0.3, 0.4) is 0 Å². The average molecular weight is 429 g/mol. The van der Waals surface area contributed by atoms with Crippen LogP contribution in [0.2, 0.25) is 0 Å². The van der Waals surface area contributed by atoms with E-state index in [1.807, 2.05) is 0 Å². The van der Waals surface area contributed by atoms with Gasteiger partial charge in [0.15, 0.2) is 11.5 Å². The number of ether oxygens (including phenoxy) is 3. The van der Waals surface area contributed by atoms with Gasteiger partial charge in [-0.25, -0.2) is 17.5 Å². The Hall–Kier alpha value is -3.10. The number of nitrogens with one attached hydrogen (secondary N) is 1. The number of hydrogen-bond acceptors (Lipinski definition) is 5. The van der Waals surface area contributed by atoms with Gasteiger partial charge in [-0.1, -0.05) is 24.3 Å². The first kappa shape index (κ1) is 20.2. The summed E-state index contributed by atoms with van der Waals surface area (Å²) in [7, 11) is -3.70. The maximum absolute atomic E-state index is 12.9. The molecule has 0 amide bonds. The third kappa shape index (κ3) is 4.90. The Kier molecular flexibility index (Phi) is 5.87. The Balaban J connectivity index is 1.34. The van der Waals surface area contributed by atoms with Crippen molar-refractivity contribution in [2.75, 3.05) is 13.2 Å². The highest BCUT2D eigenvalue weighted by Gasteiger charge is 2.19. The van der Waals surface area contributed by atoms with E-state index in [4.69, 9.17) is 14.2 Å². The smallest absolute Gasteiger partial charge is 0.241 e. The van der Waals surface area contributed by atoms with E-state index in [1.54, 1.807) is 42.5 Å². The number of hydrogen-bond donors (Lipinski definition) is 1. The fourth-order valence-corrected chi connectivity index (χ4v) is 3.94. The zero-order chi connectivity index (χ0) is 21.0. The van der Waals surface area contributed by atoms with Gasteiger partial charge in [0.2, 0.25) is 10.0 Å². The van der Waals surface area contributed by atoms with E-state index < -0.39 is 10.0 Å². The van der Waals surface area contributed by atoms with Gasteiger partial charge >= 0.3 is 0 Å². The van der Waals surface area contributed by atoms with Gasteiger partial charge in [0, 0.05) is 12.6 Å². The van der Waals surface area contributed by atoms with Crippen LogP contribution >= 0.6 is 0 Å². The number of sulfonamides is 1. The van der Waals surface area contributed by atoms with Crippen molar-refractivity contribution in [3.05, 3.63) is 83.7 Å². The van der Waals surface area contributed by atoms with E-state index in [0.29, 0.717) is 37.1 Å². The SMILES string of the molecule is O=S(=O)(NCc1ccc(OCc2ccc(F)cc2)cc1)c1ccc2c(c1)OCCO2. The first-order valence-electron chi connectivity index (χ1n) is 9.35. The summed E-state index contributed by atoms with van der Waals surface area (Å²) in [6, 6.07) is 17.7. The first-order valence-corrected chi connectivity index (χ1v) is 10.8. The third-order valence-electron chi connectivity index (χ3n) is 4.53. The molecular weight excluding hydrogens is 409 g/mol. The van der Waals surface area contributed by atoms with E-state index in [0.717, 1.165) is 11.1 Å². The minimum atomic E-state index is -3.70. The largest absolute Gasteiger partial charge is 0.489 e. The quantitative estimate of drug-likeness (QED) is 0.621. The van der Waals surface area contributed by atoms with Gasteiger partial charge in [-0.05, 0) is 47.5 Å². The Morgan fingerprint density at radius 2 is 1.53 bits per heavy atom. The highest BCUT2D eigenvalue weighted by molar-refractivity contribution is 7.89. The fourth-order valence-electron chi connectivity index (χ4n) is 2.90. The summed E-state index contributed by atoms with van der Waals surface area (Å²) in [5.41, 5.74) is 1.64. The van der Waals surface area contributed by atoms with Crippen LogP contribution in [0.5, 0.6) is 17.2 Å². The standard InChI is InChI=1S/C22H20FNO5S/c23-18-5-1-17(2-6-18)15-29-19-7-3-16(4-8-19)14-24-30(25,26)20-9-10-21-22(13-20)28-12-11-27-21/h1-10,13,24H,11-12,14-15H2. The Bertz CT molecular complexity index is 1120. The summed E-state index contributed by atoms with van der Waals surface area (Å²) < 4.78 is 57.2. The molecule has 0 spiro atoms. The molecule has 1 aliphatic heterocycles. The molecule has 8 heteroatoms. The zero-order valence-electron chi connectivity index (χ0n) is 16.0. The Labute approximate surface area is 174 Å². The summed E-state index contributed by atoms with van der Waals surface area (Å²) in [4.78, 5) is 0.117. The van der Waals surface area contributed by atoms with Crippen molar-refractivity contribution in [3.63, 3.8) is 0 Å². The van der Waals surface area contributed by atoms with E-state index in [2.05, 4.69) is 4.72 Å². The summed E-state index contributed by atoms with van der Waals surface area (Å²) in [5.74, 6) is 1.31. The molecule has 4 rings (SSSR count). The molecular formula is C22H20FNO5S. The minimum Gasteiger partial charge on any atom is -0.489 e. The van der Waals surface area contributed by atoms with E-state index in [-0.39, 0.29) is 17.3 Å². The molecule has 30 heavy (non-hydrogen) atoms. The monoisotopic (exact) mass is 429 g/mol. The summed E-state index contributed by atoms with van der Waals surface area (Å²) >= 11 is 0. The van der Waals surface area contributed by atoms with Crippen LogP contribution < -0.4 is 18.9 Å². The maximum Gasteiger partial charge on any atom is 0.241 e. The molecule has 0 radical (unpaired) electrons. The van der Waals surface area contributed by atoms with Gasteiger partial charge in [-0.3, -0.25) is 0 Å². The molecule has 0 saturated heterocycles.